The van der Waals surface area contributed by atoms with Gasteiger partial charge in [-0.25, -0.2) is 4.98 Å². The molecule has 1 unspecified atom stereocenters. The predicted octanol–water partition coefficient (Wildman–Crippen LogP) is 6.10. The van der Waals surface area contributed by atoms with Crippen molar-refractivity contribution < 1.29 is 31.1 Å². The van der Waals surface area contributed by atoms with Gasteiger partial charge in [0.25, 0.3) is 0 Å². The molecule has 160 valence electrons. The number of halogens is 6. The largest absolute Gasteiger partial charge is 0.497 e. The lowest BCUT2D eigenvalue weighted by molar-refractivity contribution is -0.143. The van der Waals surface area contributed by atoms with Crippen LogP contribution in [0, 0.1) is 0 Å². The minimum atomic E-state index is -4.92. The van der Waals surface area contributed by atoms with Gasteiger partial charge in [-0.05, 0) is 42.3 Å². The highest BCUT2D eigenvalue weighted by atomic mass is 32.1. The molecule has 0 aliphatic heterocycles. The first kappa shape index (κ1) is 22.1. The molecule has 0 fully saturated rings. The van der Waals surface area contributed by atoms with Crippen LogP contribution in [0.25, 0.3) is 11.3 Å². The summed E-state index contributed by atoms with van der Waals surface area (Å²) >= 11 is 1.08. The molecule has 0 aliphatic carbocycles. The third kappa shape index (κ3) is 5.11. The van der Waals surface area contributed by atoms with Gasteiger partial charge < -0.3 is 10.5 Å². The summed E-state index contributed by atoms with van der Waals surface area (Å²) in [6, 6.07) is 7.99. The number of hydrogen-bond donors (Lipinski definition) is 1. The summed E-state index contributed by atoms with van der Waals surface area (Å²) in [4.78, 5) is 4.19. The minimum absolute atomic E-state index is 0.0109. The Morgan fingerprint density at radius 1 is 0.967 bits per heavy atom. The van der Waals surface area contributed by atoms with Crippen molar-refractivity contribution in [1.29, 1.82) is 0 Å². The molecular formula is C20H16F6N2OS. The number of benzene rings is 2. The summed E-state index contributed by atoms with van der Waals surface area (Å²) in [5.41, 5.74) is 4.01. The average Bonchev–Trinajstić information content (AvgIpc) is 3.17. The lowest BCUT2D eigenvalue weighted by Gasteiger charge is -2.13. The van der Waals surface area contributed by atoms with Crippen LogP contribution in [0.5, 0.6) is 5.75 Å². The van der Waals surface area contributed by atoms with Crippen molar-refractivity contribution in [2.75, 3.05) is 7.11 Å². The van der Waals surface area contributed by atoms with Crippen LogP contribution in [0.3, 0.4) is 0 Å². The summed E-state index contributed by atoms with van der Waals surface area (Å²) in [7, 11) is 1.54. The fourth-order valence-corrected chi connectivity index (χ4v) is 3.63. The van der Waals surface area contributed by atoms with Crippen molar-refractivity contribution in [1.82, 2.24) is 4.98 Å². The van der Waals surface area contributed by atoms with Gasteiger partial charge in [-0.15, -0.1) is 11.3 Å². The summed E-state index contributed by atoms with van der Waals surface area (Å²) in [6.45, 7) is 0. The van der Waals surface area contributed by atoms with Gasteiger partial charge in [0.1, 0.15) is 10.8 Å². The maximum atomic E-state index is 13.1. The Hall–Kier alpha value is -2.59. The second-order valence-corrected chi connectivity index (χ2v) is 7.41. The molecule has 1 atom stereocenters. The van der Waals surface area contributed by atoms with Crippen LogP contribution in [0.1, 0.15) is 27.7 Å². The van der Waals surface area contributed by atoms with E-state index >= 15 is 0 Å². The molecule has 30 heavy (non-hydrogen) atoms. The van der Waals surface area contributed by atoms with E-state index in [-0.39, 0.29) is 17.3 Å². The molecule has 2 aromatic carbocycles. The standard InChI is InChI=1S/C20H16F6N2OS/c1-29-15-4-2-11(3-5-15)6-16(27)18-28-17(10-30-18)12-7-13(19(21,22)23)9-14(8-12)20(24,25)26/h2-5,7-10,16H,6,27H2,1H3. The molecule has 0 amide bonds. The first-order chi connectivity index (χ1) is 14.0. The van der Waals surface area contributed by atoms with Crippen LogP contribution in [0.15, 0.2) is 47.8 Å². The molecular weight excluding hydrogens is 430 g/mol. The molecule has 0 aliphatic rings. The van der Waals surface area contributed by atoms with Crippen molar-refractivity contribution in [3.05, 3.63) is 69.5 Å². The first-order valence-corrected chi connectivity index (χ1v) is 9.49. The highest BCUT2D eigenvalue weighted by Crippen LogP contribution is 2.39. The Balaban J connectivity index is 1.89. The second-order valence-electron chi connectivity index (χ2n) is 6.52. The lowest BCUT2D eigenvalue weighted by Crippen LogP contribution is -2.13. The number of nitrogens with zero attached hydrogens (tertiary/aromatic N) is 1. The molecule has 0 bridgehead atoms. The number of nitrogens with two attached hydrogens (primary N) is 1. The van der Waals surface area contributed by atoms with E-state index in [0.717, 1.165) is 16.9 Å². The number of thiazole rings is 1. The van der Waals surface area contributed by atoms with E-state index < -0.39 is 29.5 Å². The first-order valence-electron chi connectivity index (χ1n) is 8.61. The summed E-state index contributed by atoms with van der Waals surface area (Å²) in [5, 5.41) is 1.81. The van der Waals surface area contributed by atoms with Gasteiger partial charge in [0.15, 0.2) is 0 Å². The molecule has 1 heterocycles. The third-order valence-electron chi connectivity index (χ3n) is 4.34. The molecule has 3 rings (SSSR count). The van der Waals surface area contributed by atoms with Crippen LogP contribution < -0.4 is 10.5 Å². The smallest absolute Gasteiger partial charge is 0.416 e. The molecule has 3 aromatic rings. The SMILES string of the molecule is COc1ccc(CC(N)c2nc(-c3cc(C(F)(F)F)cc(C(F)(F)F)c3)cs2)cc1. The Kier molecular flexibility index (Phi) is 6.09. The monoisotopic (exact) mass is 446 g/mol. The zero-order valence-electron chi connectivity index (χ0n) is 15.5. The Morgan fingerprint density at radius 3 is 2.03 bits per heavy atom. The topological polar surface area (TPSA) is 48.1 Å². The van der Waals surface area contributed by atoms with E-state index in [1.54, 1.807) is 12.1 Å². The number of aromatic nitrogens is 1. The van der Waals surface area contributed by atoms with Crippen molar-refractivity contribution >= 4 is 11.3 Å². The number of alkyl halides is 6. The maximum absolute atomic E-state index is 13.1. The summed E-state index contributed by atoms with van der Waals surface area (Å²) in [6.07, 6.45) is -9.44. The highest BCUT2D eigenvalue weighted by molar-refractivity contribution is 7.10. The van der Waals surface area contributed by atoms with Gasteiger partial charge in [0, 0.05) is 10.9 Å². The van der Waals surface area contributed by atoms with Crippen LogP contribution in [-0.2, 0) is 18.8 Å². The normalized spacial score (nSPS) is 13.3. The van der Waals surface area contributed by atoms with Crippen LogP contribution in [0.4, 0.5) is 26.3 Å². The predicted molar refractivity (Wildman–Crippen MR) is 101 cm³/mol. The van der Waals surface area contributed by atoms with Gasteiger partial charge in [-0.2, -0.15) is 26.3 Å². The molecule has 2 N–H and O–H groups in total. The molecule has 0 saturated carbocycles. The van der Waals surface area contributed by atoms with Crippen molar-refractivity contribution in [3.8, 4) is 17.0 Å². The quantitative estimate of drug-likeness (QED) is 0.482. The molecule has 0 radical (unpaired) electrons. The Bertz CT molecular complexity index is 979. The summed E-state index contributed by atoms with van der Waals surface area (Å²) < 4.78 is 83.5. The Labute approximate surface area is 172 Å². The molecule has 1 aromatic heterocycles. The van der Waals surface area contributed by atoms with Gasteiger partial charge in [-0.1, -0.05) is 12.1 Å². The number of methoxy groups -OCH3 is 1. The van der Waals surface area contributed by atoms with E-state index in [9.17, 15) is 26.3 Å². The van der Waals surface area contributed by atoms with Crippen molar-refractivity contribution in [3.63, 3.8) is 0 Å². The van der Waals surface area contributed by atoms with Crippen LogP contribution >= 0.6 is 11.3 Å². The fourth-order valence-electron chi connectivity index (χ4n) is 2.80. The van der Waals surface area contributed by atoms with E-state index in [0.29, 0.717) is 29.3 Å². The minimum Gasteiger partial charge on any atom is -0.497 e. The lowest BCUT2D eigenvalue weighted by atomic mass is 10.0. The summed E-state index contributed by atoms with van der Waals surface area (Å²) in [5.74, 6) is 0.675. The molecule has 3 nitrogen and oxygen atoms in total. The fraction of sp³-hybridized carbons (Fsp3) is 0.250. The van der Waals surface area contributed by atoms with Gasteiger partial charge in [0.2, 0.25) is 0 Å². The average molecular weight is 446 g/mol. The zero-order chi connectivity index (χ0) is 22.1. The van der Waals surface area contributed by atoms with Crippen molar-refractivity contribution in [2.24, 2.45) is 5.73 Å². The molecule has 0 saturated heterocycles. The van der Waals surface area contributed by atoms with Gasteiger partial charge in [-0.3, -0.25) is 0 Å². The second kappa shape index (κ2) is 8.27. The number of rotatable bonds is 5. The highest BCUT2D eigenvalue weighted by Gasteiger charge is 2.37. The van der Waals surface area contributed by atoms with Gasteiger partial charge >= 0.3 is 12.4 Å². The van der Waals surface area contributed by atoms with E-state index in [2.05, 4.69) is 4.98 Å². The maximum Gasteiger partial charge on any atom is 0.416 e. The van der Waals surface area contributed by atoms with Crippen LogP contribution in [0.2, 0.25) is 0 Å². The van der Waals surface area contributed by atoms with Crippen molar-refractivity contribution in [2.45, 2.75) is 24.8 Å². The number of ether oxygens (including phenoxy) is 1. The van der Waals surface area contributed by atoms with E-state index in [1.807, 2.05) is 12.1 Å². The van der Waals surface area contributed by atoms with Gasteiger partial charge in [0.05, 0.1) is 30.0 Å². The van der Waals surface area contributed by atoms with E-state index in [4.69, 9.17) is 10.5 Å². The number of hydrogen-bond acceptors (Lipinski definition) is 4. The molecule has 10 heteroatoms. The molecule has 0 spiro atoms. The zero-order valence-corrected chi connectivity index (χ0v) is 16.3. The van der Waals surface area contributed by atoms with E-state index in [1.165, 1.54) is 12.5 Å². The van der Waals surface area contributed by atoms with Crippen LogP contribution in [-0.4, -0.2) is 12.1 Å². The Morgan fingerprint density at radius 2 is 1.53 bits per heavy atom. The third-order valence-corrected chi connectivity index (χ3v) is 5.31.